The van der Waals surface area contributed by atoms with E-state index < -0.39 is 5.91 Å². The summed E-state index contributed by atoms with van der Waals surface area (Å²) in [6.45, 7) is 1.78. The summed E-state index contributed by atoms with van der Waals surface area (Å²) in [5.41, 5.74) is 6.64. The van der Waals surface area contributed by atoms with Crippen molar-refractivity contribution in [2.75, 3.05) is 11.1 Å². The predicted octanol–water partition coefficient (Wildman–Crippen LogP) is -0.0540. The van der Waals surface area contributed by atoms with Crippen LogP contribution in [-0.4, -0.2) is 26.0 Å². The van der Waals surface area contributed by atoms with E-state index in [0.717, 1.165) is 0 Å². The van der Waals surface area contributed by atoms with Crippen molar-refractivity contribution in [2.24, 2.45) is 7.05 Å². The van der Waals surface area contributed by atoms with E-state index in [9.17, 15) is 4.79 Å². The topological polar surface area (TPSA) is 112 Å². The zero-order valence-electron chi connectivity index (χ0n) is 8.76. The highest BCUT2D eigenvalue weighted by molar-refractivity contribution is 6.05. The Morgan fingerprint density at radius 1 is 1.56 bits per heavy atom. The van der Waals surface area contributed by atoms with Crippen molar-refractivity contribution in [2.45, 2.75) is 6.92 Å². The van der Waals surface area contributed by atoms with Crippen LogP contribution in [0.5, 0.6) is 0 Å². The maximum atomic E-state index is 11.7. The Hall–Kier alpha value is -2.38. The van der Waals surface area contributed by atoms with Crippen LogP contribution in [0, 0.1) is 6.92 Å². The lowest BCUT2D eigenvalue weighted by Crippen LogP contribution is -2.14. The van der Waals surface area contributed by atoms with Crippen molar-refractivity contribution in [3.05, 3.63) is 17.6 Å². The van der Waals surface area contributed by atoms with Crippen LogP contribution in [0.4, 0.5) is 11.5 Å². The summed E-state index contributed by atoms with van der Waals surface area (Å²) in [5.74, 6) is -0.520. The Morgan fingerprint density at radius 2 is 2.31 bits per heavy atom. The predicted molar refractivity (Wildman–Crippen MR) is 54.6 cm³/mol. The van der Waals surface area contributed by atoms with Crippen molar-refractivity contribution in [3.8, 4) is 0 Å². The lowest BCUT2D eigenvalue weighted by Gasteiger charge is -1.99. The van der Waals surface area contributed by atoms with Gasteiger partial charge in [0.25, 0.3) is 5.91 Å². The molecule has 2 heterocycles. The fourth-order valence-electron chi connectivity index (χ4n) is 1.26. The van der Waals surface area contributed by atoms with Gasteiger partial charge in [-0.3, -0.25) is 9.48 Å². The number of carbonyl (C=O) groups is 1. The van der Waals surface area contributed by atoms with Gasteiger partial charge in [0.2, 0.25) is 11.5 Å². The highest BCUT2D eigenvalue weighted by atomic mass is 16.6. The van der Waals surface area contributed by atoms with Gasteiger partial charge in [0.1, 0.15) is 0 Å². The number of nitrogens with two attached hydrogens (primary N) is 1. The molecule has 2 aromatic rings. The van der Waals surface area contributed by atoms with E-state index >= 15 is 0 Å². The molecule has 2 aromatic heterocycles. The maximum Gasteiger partial charge on any atom is 0.281 e. The second-order valence-corrected chi connectivity index (χ2v) is 3.25. The summed E-state index contributed by atoms with van der Waals surface area (Å²) >= 11 is 0. The molecule has 0 aromatic carbocycles. The normalized spacial score (nSPS) is 10.4. The van der Waals surface area contributed by atoms with Crippen LogP contribution in [0.1, 0.15) is 16.2 Å². The Bertz CT molecular complexity index is 528. The van der Waals surface area contributed by atoms with Crippen LogP contribution in [0.2, 0.25) is 0 Å². The molecule has 16 heavy (non-hydrogen) atoms. The number of aromatic nitrogens is 4. The Kier molecular flexibility index (Phi) is 2.31. The van der Waals surface area contributed by atoms with Gasteiger partial charge in [0.15, 0.2) is 0 Å². The molecule has 0 saturated carbocycles. The summed E-state index contributed by atoms with van der Waals surface area (Å²) < 4.78 is 5.93. The van der Waals surface area contributed by atoms with Crippen LogP contribution in [0.15, 0.2) is 10.8 Å². The molecule has 0 spiro atoms. The van der Waals surface area contributed by atoms with Crippen molar-refractivity contribution in [1.29, 1.82) is 0 Å². The quantitative estimate of drug-likeness (QED) is 0.736. The van der Waals surface area contributed by atoms with E-state index in [1.165, 1.54) is 0 Å². The molecule has 1 amide bonds. The summed E-state index contributed by atoms with van der Waals surface area (Å²) in [6.07, 6.45) is 1.68. The van der Waals surface area contributed by atoms with E-state index in [0.29, 0.717) is 11.4 Å². The summed E-state index contributed by atoms with van der Waals surface area (Å²) in [4.78, 5) is 11.7. The molecule has 2 rings (SSSR count). The highest BCUT2D eigenvalue weighted by Gasteiger charge is 2.17. The molecule has 3 N–H and O–H groups in total. The van der Waals surface area contributed by atoms with E-state index in [2.05, 4.69) is 25.4 Å². The van der Waals surface area contributed by atoms with Crippen molar-refractivity contribution < 1.29 is 9.42 Å². The number of amides is 1. The van der Waals surface area contributed by atoms with Crippen molar-refractivity contribution >= 4 is 17.4 Å². The lowest BCUT2D eigenvalue weighted by molar-refractivity contribution is 0.101. The first-order valence-electron chi connectivity index (χ1n) is 4.47. The summed E-state index contributed by atoms with van der Waals surface area (Å²) in [7, 11) is 1.76. The monoisotopic (exact) mass is 222 g/mol. The van der Waals surface area contributed by atoms with E-state index in [-0.39, 0.29) is 11.5 Å². The number of aryl methyl sites for hydroxylation is 2. The molecule has 0 aliphatic rings. The van der Waals surface area contributed by atoms with Gasteiger partial charge in [-0.25, -0.2) is 4.63 Å². The van der Waals surface area contributed by atoms with Gasteiger partial charge >= 0.3 is 0 Å². The molecule has 8 heteroatoms. The maximum absolute atomic E-state index is 11.7. The fourth-order valence-corrected chi connectivity index (χ4v) is 1.26. The third-order valence-corrected chi connectivity index (χ3v) is 1.99. The molecule has 0 aliphatic heterocycles. The fraction of sp³-hybridized carbons (Fsp3) is 0.250. The van der Waals surface area contributed by atoms with Gasteiger partial charge in [-0.05, 0) is 17.2 Å². The van der Waals surface area contributed by atoms with Crippen molar-refractivity contribution in [1.82, 2.24) is 20.1 Å². The van der Waals surface area contributed by atoms with Crippen LogP contribution in [-0.2, 0) is 7.05 Å². The average Bonchev–Trinajstić information content (AvgIpc) is 2.74. The van der Waals surface area contributed by atoms with Crippen LogP contribution in [0.25, 0.3) is 0 Å². The number of carbonyl (C=O) groups excluding carboxylic acids is 1. The zero-order valence-corrected chi connectivity index (χ0v) is 8.76. The number of nitrogens with one attached hydrogen (secondary N) is 1. The second-order valence-electron chi connectivity index (χ2n) is 3.25. The molecule has 0 radical (unpaired) electrons. The molecule has 8 nitrogen and oxygen atoms in total. The van der Waals surface area contributed by atoms with Crippen molar-refractivity contribution in [3.63, 3.8) is 0 Å². The first-order chi connectivity index (χ1) is 7.58. The van der Waals surface area contributed by atoms with Crippen LogP contribution in [0.3, 0.4) is 0 Å². The molecule has 0 aliphatic carbocycles. The van der Waals surface area contributed by atoms with E-state index in [4.69, 9.17) is 5.73 Å². The molecule has 0 saturated heterocycles. The van der Waals surface area contributed by atoms with Gasteiger partial charge in [-0.15, -0.1) is 0 Å². The summed E-state index contributed by atoms with van der Waals surface area (Å²) in [5, 5.41) is 13.4. The van der Waals surface area contributed by atoms with E-state index in [1.54, 1.807) is 24.9 Å². The van der Waals surface area contributed by atoms with Gasteiger partial charge in [-0.2, -0.15) is 5.10 Å². The smallest absolute Gasteiger partial charge is 0.281 e. The Labute approximate surface area is 90.4 Å². The number of anilines is 2. The largest absolute Gasteiger partial charge is 0.379 e. The first kappa shape index (κ1) is 10.1. The zero-order chi connectivity index (χ0) is 11.7. The molecule has 0 fully saturated rings. The molecule has 84 valence electrons. The minimum atomic E-state index is -0.477. The van der Waals surface area contributed by atoms with Gasteiger partial charge in [-0.1, -0.05) is 0 Å². The number of hydrogen-bond donors (Lipinski definition) is 2. The van der Waals surface area contributed by atoms with Crippen LogP contribution >= 0.6 is 0 Å². The minimum Gasteiger partial charge on any atom is -0.379 e. The van der Waals surface area contributed by atoms with Gasteiger partial charge in [0, 0.05) is 13.2 Å². The highest BCUT2D eigenvalue weighted by Crippen LogP contribution is 2.14. The third-order valence-electron chi connectivity index (χ3n) is 1.99. The Morgan fingerprint density at radius 3 is 2.81 bits per heavy atom. The minimum absolute atomic E-state index is 0.0387. The van der Waals surface area contributed by atoms with E-state index in [1.807, 2.05) is 0 Å². The molecular formula is C8H10N6O2. The second kappa shape index (κ2) is 3.65. The average molecular weight is 222 g/mol. The SMILES string of the molecule is Cc1nn(C)cc1NC(=O)c1nonc1N. The number of nitrogens with zero attached hydrogens (tertiary/aromatic N) is 4. The molecular weight excluding hydrogens is 212 g/mol. The molecule has 0 unspecified atom stereocenters. The standard InChI is InChI=1S/C8H10N6O2/c1-4-5(3-14(2)11-4)10-8(15)6-7(9)13-16-12-6/h3H,1-2H3,(H2,9,13)(H,10,15). The molecule has 0 bridgehead atoms. The first-order valence-corrected chi connectivity index (χ1v) is 4.47. The number of rotatable bonds is 2. The summed E-state index contributed by atoms with van der Waals surface area (Å²) in [6, 6.07) is 0. The van der Waals surface area contributed by atoms with Gasteiger partial charge < -0.3 is 11.1 Å². The van der Waals surface area contributed by atoms with Crippen LogP contribution < -0.4 is 11.1 Å². The van der Waals surface area contributed by atoms with Gasteiger partial charge in [0.05, 0.1) is 11.4 Å². The Balaban J connectivity index is 2.20. The molecule has 0 atom stereocenters. The number of hydrogen-bond acceptors (Lipinski definition) is 6. The lowest BCUT2D eigenvalue weighted by atomic mass is 10.3. The number of nitrogen functional groups attached to an aromatic ring is 1. The third kappa shape index (κ3) is 1.72.